The van der Waals surface area contributed by atoms with E-state index in [0.717, 1.165) is 6.42 Å². The number of rotatable bonds is 6. The lowest BCUT2D eigenvalue weighted by atomic mass is 9.96. The maximum atomic E-state index is 3.67. The molecule has 1 aromatic rings. The zero-order chi connectivity index (χ0) is 12.8. The summed E-state index contributed by atoms with van der Waals surface area (Å²) in [4.78, 5) is 2.30. The molecule has 0 bridgehead atoms. The summed E-state index contributed by atoms with van der Waals surface area (Å²) >= 11 is 0. The van der Waals surface area contributed by atoms with Crippen LogP contribution < -0.4 is 5.32 Å². The summed E-state index contributed by atoms with van der Waals surface area (Å²) in [6.07, 6.45) is 1.13. The Kier molecular flexibility index (Phi) is 5.66. The van der Waals surface area contributed by atoms with E-state index in [9.17, 15) is 0 Å². The van der Waals surface area contributed by atoms with Gasteiger partial charge in [0.05, 0.1) is 0 Å². The lowest BCUT2D eigenvalue weighted by Crippen LogP contribution is -2.43. The average Bonchev–Trinajstić information content (AvgIpc) is 2.28. The monoisotopic (exact) mass is 234 g/mol. The Morgan fingerprint density at radius 3 is 2.12 bits per heavy atom. The molecule has 2 nitrogen and oxygen atoms in total. The number of hydrogen-bond acceptors (Lipinski definition) is 2. The molecular weight excluding hydrogens is 208 g/mol. The van der Waals surface area contributed by atoms with Crippen LogP contribution in [0.5, 0.6) is 0 Å². The SMILES string of the molecule is CC[C@H](NC(C)C)[C@H](c1ccccc1)N(C)C. The number of likely N-dealkylation sites (N-methyl/N-ethyl adjacent to an activating group) is 1. The minimum Gasteiger partial charge on any atom is -0.310 e. The van der Waals surface area contributed by atoms with Crippen molar-refractivity contribution in [3.63, 3.8) is 0 Å². The molecule has 96 valence electrons. The van der Waals surface area contributed by atoms with Gasteiger partial charge in [-0.1, -0.05) is 51.1 Å². The first-order valence-electron chi connectivity index (χ1n) is 6.53. The highest BCUT2D eigenvalue weighted by atomic mass is 15.1. The molecule has 0 radical (unpaired) electrons. The minimum atomic E-state index is 0.434. The van der Waals surface area contributed by atoms with E-state index in [2.05, 4.69) is 75.4 Å². The van der Waals surface area contributed by atoms with Crippen LogP contribution in [0.1, 0.15) is 38.8 Å². The molecule has 0 saturated heterocycles. The van der Waals surface area contributed by atoms with E-state index in [0.29, 0.717) is 18.1 Å². The van der Waals surface area contributed by atoms with Crippen molar-refractivity contribution in [1.82, 2.24) is 10.2 Å². The van der Waals surface area contributed by atoms with Crippen molar-refractivity contribution in [3.8, 4) is 0 Å². The second kappa shape index (κ2) is 6.77. The van der Waals surface area contributed by atoms with Gasteiger partial charge in [-0.25, -0.2) is 0 Å². The van der Waals surface area contributed by atoms with E-state index < -0.39 is 0 Å². The Bertz CT molecular complexity index is 306. The van der Waals surface area contributed by atoms with Crippen LogP contribution in [0.15, 0.2) is 30.3 Å². The van der Waals surface area contributed by atoms with E-state index in [1.54, 1.807) is 0 Å². The lowest BCUT2D eigenvalue weighted by molar-refractivity contribution is 0.218. The van der Waals surface area contributed by atoms with Gasteiger partial charge >= 0.3 is 0 Å². The maximum absolute atomic E-state index is 3.67. The Hall–Kier alpha value is -0.860. The van der Waals surface area contributed by atoms with Crippen molar-refractivity contribution < 1.29 is 0 Å². The molecule has 0 fully saturated rings. The molecule has 0 unspecified atom stereocenters. The summed E-state index contributed by atoms with van der Waals surface area (Å²) in [5, 5.41) is 3.67. The number of hydrogen-bond donors (Lipinski definition) is 1. The lowest BCUT2D eigenvalue weighted by Gasteiger charge is -2.34. The molecule has 0 heterocycles. The molecule has 0 aliphatic rings. The molecule has 2 heteroatoms. The molecule has 17 heavy (non-hydrogen) atoms. The second-order valence-corrected chi connectivity index (χ2v) is 5.16. The number of nitrogens with one attached hydrogen (secondary N) is 1. The van der Waals surface area contributed by atoms with Gasteiger partial charge in [-0.2, -0.15) is 0 Å². The van der Waals surface area contributed by atoms with Gasteiger partial charge in [0.15, 0.2) is 0 Å². The Morgan fingerprint density at radius 2 is 1.71 bits per heavy atom. The first kappa shape index (κ1) is 14.2. The predicted octanol–water partition coefficient (Wildman–Crippen LogP) is 3.07. The quantitative estimate of drug-likeness (QED) is 0.814. The van der Waals surface area contributed by atoms with Crippen LogP contribution in [0.4, 0.5) is 0 Å². The molecule has 0 amide bonds. The summed E-state index contributed by atoms with van der Waals surface area (Å²) in [6, 6.07) is 12.2. The largest absolute Gasteiger partial charge is 0.310 e. The van der Waals surface area contributed by atoms with Crippen molar-refractivity contribution in [3.05, 3.63) is 35.9 Å². The zero-order valence-electron chi connectivity index (χ0n) is 11.8. The first-order valence-corrected chi connectivity index (χ1v) is 6.53. The highest BCUT2D eigenvalue weighted by molar-refractivity contribution is 5.20. The summed E-state index contributed by atoms with van der Waals surface area (Å²) in [7, 11) is 4.31. The van der Waals surface area contributed by atoms with Gasteiger partial charge in [0.1, 0.15) is 0 Å². The second-order valence-electron chi connectivity index (χ2n) is 5.16. The standard InChI is InChI=1S/C15H26N2/c1-6-14(16-12(2)3)15(17(4)5)13-10-8-7-9-11-13/h7-12,14-16H,6H2,1-5H3/t14-,15-/m0/s1. The van der Waals surface area contributed by atoms with E-state index in [1.165, 1.54) is 5.56 Å². The fraction of sp³-hybridized carbons (Fsp3) is 0.600. The summed E-state index contributed by atoms with van der Waals surface area (Å²) < 4.78 is 0. The third kappa shape index (κ3) is 4.14. The van der Waals surface area contributed by atoms with Gasteiger partial charge in [0.25, 0.3) is 0 Å². The summed E-state index contributed by atoms with van der Waals surface area (Å²) in [5.41, 5.74) is 1.39. The Morgan fingerprint density at radius 1 is 1.12 bits per heavy atom. The van der Waals surface area contributed by atoms with Gasteiger partial charge in [-0.05, 0) is 26.1 Å². The van der Waals surface area contributed by atoms with Crippen molar-refractivity contribution in [2.45, 2.75) is 45.3 Å². The molecule has 0 spiro atoms. The van der Waals surface area contributed by atoms with Crippen LogP contribution >= 0.6 is 0 Å². The molecule has 0 aliphatic heterocycles. The number of benzene rings is 1. The molecule has 0 saturated carbocycles. The van der Waals surface area contributed by atoms with Crippen LogP contribution in [0, 0.1) is 0 Å². The molecule has 2 atom stereocenters. The fourth-order valence-corrected chi connectivity index (χ4v) is 2.40. The van der Waals surface area contributed by atoms with E-state index >= 15 is 0 Å². The zero-order valence-corrected chi connectivity index (χ0v) is 11.8. The van der Waals surface area contributed by atoms with E-state index in [4.69, 9.17) is 0 Å². The topological polar surface area (TPSA) is 15.3 Å². The van der Waals surface area contributed by atoms with Crippen LogP contribution in [-0.4, -0.2) is 31.1 Å². The van der Waals surface area contributed by atoms with Crippen LogP contribution in [0.2, 0.25) is 0 Å². The molecular formula is C15H26N2. The van der Waals surface area contributed by atoms with Crippen LogP contribution in [0.25, 0.3) is 0 Å². The van der Waals surface area contributed by atoms with Crippen molar-refractivity contribution >= 4 is 0 Å². The summed E-state index contributed by atoms with van der Waals surface area (Å²) in [5.74, 6) is 0. The third-order valence-electron chi connectivity index (χ3n) is 3.07. The smallest absolute Gasteiger partial charge is 0.0495 e. The van der Waals surface area contributed by atoms with Crippen molar-refractivity contribution in [2.24, 2.45) is 0 Å². The van der Waals surface area contributed by atoms with Gasteiger partial charge in [0.2, 0.25) is 0 Å². The van der Waals surface area contributed by atoms with E-state index in [-0.39, 0.29) is 0 Å². The van der Waals surface area contributed by atoms with Gasteiger partial charge in [-0.3, -0.25) is 0 Å². The minimum absolute atomic E-state index is 0.434. The maximum Gasteiger partial charge on any atom is 0.0495 e. The highest BCUT2D eigenvalue weighted by Crippen LogP contribution is 2.24. The molecule has 1 N–H and O–H groups in total. The van der Waals surface area contributed by atoms with Crippen molar-refractivity contribution in [2.75, 3.05) is 14.1 Å². The van der Waals surface area contributed by atoms with Gasteiger partial charge in [-0.15, -0.1) is 0 Å². The highest BCUT2D eigenvalue weighted by Gasteiger charge is 2.23. The molecule has 1 aromatic carbocycles. The summed E-state index contributed by atoms with van der Waals surface area (Å²) in [6.45, 7) is 6.67. The van der Waals surface area contributed by atoms with Crippen LogP contribution in [-0.2, 0) is 0 Å². The first-order chi connectivity index (χ1) is 8.06. The number of nitrogens with zero attached hydrogens (tertiary/aromatic N) is 1. The fourth-order valence-electron chi connectivity index (χ4n) is 2.40. The Balaban J connectivity index is 2.91. The van der Waals surface area contributed by atoms with Gasteiger partial charge < -0.3 is 10.2 Å². The molecule has 0 aromatic heterocycles. The van der Waals surface area contributed by atoms with Crippen molar-refractivity contribution in [1.29, 1.82) is 0 Å². The predicted molar refractivity (Wildman–Crippen MR) is 75.2 cm³/mol. The molecule has 0 aliphatic carbocycles. The van der Waals surface area contributed by atoms with Gasteiger partial charge in [0, 0.05) is 18.1 Å². The Labute approximate surface area is 106 Å². The molecule has 1 rings (SSSR count). The average molecular weight is 234 g/mol. The van der Waals surface area contributed by atoms with Crippen LogP contribution in [0.3, 0.4) is 0 Å². The normalized spacial score (nSPS) is 15.2. The third-order valence-corrected chi connectivity index (χ3v) is 3.07. The van der Waals surface area contributed by atoms with E-state index in [1.807, 2.05) is 0 Å².